The lowest BCUT2D eigenvalue weighted by molar-refractivity contribution is -0.243. The molecule has 1 fully saturated rings. The van der Waals surface area contributed by atoms with Crippen LogP contribution in [0.1, 0.15) is 13.8 Å². The van der Waals surface area contributed by atoms with E-state index in [0.717, 1.165) is 0 Å². The van der Waals surface area contributed by atoms with Gasteiger partial charge in [-0.3, -0.25) is 0 Å². The van der Waals surface area contributed by atoms with Gasteiger partial charge in [-0.05, 0) is 5.92 Å². The highest BCUT2D eigenvalue weighted by atomic mass is 19.4. The lowest BCUT2D eigenvalue weighted by Crippen LogP contribution is -2.52. The van der Waals surface area contributed by atoms with Crippen LogP contribution >= 0.6 is 0 Å². The van der Waals surface area contributed by atoms with Crippen LogP contribution in [-0.4, -0.2) is 31.5 Å². The molecule has 0 amide bonds. The van der Waals surface area contributed by atoms with Gasteiger partial charge in [0.15, 0.2) is 6.10 Å². The molecular formula is C8H14F3NO. The standard InChI is InChI=1S/C8H14F3NO/c1-5(2)6-3-12-4-7(13-6)8(9,10)11/h5-7,12H,3-4H2,1-2H3/t6-,7+/m0/s1. The molecule has 0 bridgehead atoms. The average Bonchev–Trinajstić information content (AvgIpc) is 2.03. The van der Waals surface area contributed by atoms with E-state index in [2.05, 4.69) is 5.32 Å². The van der Waals surface area contributed by atoms with Crippen molar-refractivity contribution in [2.45, 2.75) is 32.2 Å². The number of alkyl halides is 3. The van der Waals surface area contributed by atoms with Gasteiger partial charge in [0.1, 0.15) is 0 Å². The largest absolute Gasteiger partial charge is 0.415 e. The van der Waals surface area contributed by atoms with Gasteiger partial charge < -0.3 is 10.1 Å². The van der Waals surface area contributed by atoms with Gasteiger partial charge in [-0.1, -0.05) is 13.8 Å². The second-order valence-corrected chi connectivity index (χ2v) is 3.61. The summed E-state index contributed by atoms with van der Waals surface area (Å²) in [6.45, 7) is 4.08. The number of hydrogen-bond donors (Lipinski definition) is 1. The molecule has 0 aromatic carbocycles. The minimum Gasteiger partial charge on any atom is -0.363 e. The summed E-state index contributed by atoms with van der Waals surface area (Å²) in [6.07, 6.45) is -6.23. The van der Waals surface area contributed by atoms with Crippen LogP contribution in [0, 0.1) is 5.92 Å². The molecule has 0 aromatic rings. The molecule has 2 nitrogen and oxygen atoms in total. The van der Waals surface area contributed by atoms with Crippen molar-refractivity contribution < 1.29 is 17.9 Å². The zero-order chi connectivity index (χ0) is 10.1. The second kappa shape index (κ2) is 3.84. The molecule has 2 atom stereocenters. The van der Waals surface area contributed by atoms with Crippen LogP contribution in [0.25, 0.3) is 0 Å². The molecule has 0 radical (unpaired) electrons. The molecule has 0 aromatic heterocycles. The highest BCUT2D eigenvalue weighted by Crippen LogP contribution is 2.26. The fourth-order valence-corrected chi connectivity index (χ4v) is 1.25. The van der Waals surface area contributed by atoms with E-state index >= 15 is 0 Å². The first-order chi connectivity index (χ1) is 5.91. The van der Waals surface area contributed by atoms with E-state index in [-0.39, 0.29) is 18.6 Å². The van der Waals surface area contributed by atoms with Crippen LogP contribution in [0.15, 0.2) is 0 Å². The summed E-state index contributed by atoms with van der Waals surface area (Å²) in [5.41, 5.74) is 0. The van der Waals surface area contributed by atoms with Crippen molar-refractivity contribution in [2.75, 3.05) is 13.1 Å². The van der Waals surface area contributed by atoms with Gasteiger partial charge in [0.25, 0.3) is 0 Å². The maximum Gasteiger partial charge on any atom is 0.415 e. The summed E-state index contributed by atoms with van der Waals surface area (Å²) < 4.78 is 41.6. The third kappa shape index (κ3) is 2.84. The van der Waals surface area contributed by atoms with Gasteiger partial charge in [-0.15, -0.1) is 0 Å². The highest BCUT2D eigenvalue weighted by molar-refractivity contribution is 4.80. The monoisotopic (exact) mass is 197 g/mol. The fraction of sp³-hybridized carbons (Fsp3) is 1.00. The van der Waals surface area contributed by atoms with Crippen LogP contribution in [0.2, 0.25) is 0 Å². The van der Waals surface area contributed by atoms with Crippen LogP contribution in [0.4, 0.5) is 13.2 Å². The van der Waals surface area contributed by atoms with Gasteiger partial charge >= 0.3 is 6.18 Å². The number of halogens is 3. The Bertz CT molecular complexity index is 169. The first kappa shape index (κ1) is 10.8. The molecule has 1 aliphatic rings. The lowest BCUT2D eigenvalue weighted by Gasteiger charge is -2.33. The van der Waals surface area contributed by atoms with Crippen LogP contribution in [0.3, 0.4) is 0 Å². The summed E-state index contributed by atoms with van der Waals surface area (Å²) >= 11 is 0. The molecule has 1 N–H and O–H groups in total. The summed E-state index contributed by atoms with van der Waals surface area (Å²) in [5, 5.41) is 2.73. The fourth-order valence-electron chi connectivity index (χ4n) is 1.25. The van der Waals surface area contributed by atoms with Crippen molar-refractivity contribution in [3.05, 3.63) is 0 Å². The van der Waals surface area contributed by atoms with E-state index in [0.29, 0.717) is 6.54 Å². The van der Waals surface area contributed by atoms with E-state index in [4.69, 9.17) is 4.74 Å². The Hall–Kier alpha value is -0.290. The Kier molecular flexibility index (Phi) is 3.18. The van der Waals surface area contributed by atoms with Gasteiger partial charge in [0.2, 0.25) is 0 Å². The highest BCUT2D eigenvalue weighted by Gasteiger charge is 2.43. The van der Waals surface area contributed by atoms with Gasteiger partial charge in [-0.2, -0.15) is 13.2 Å². The minimum absolute atomic E-state index is 0.109. The Labute approximate surface area is 75.4 Å². The van der Waals surface area contributed by atoms with E-state index in [9.17, 15) is 13.2 Å². The molecule has 0 unspecified atom stereocenters. The van der Waals surface area contributed by atoms with Gasteiger partial charge in [-0.25, -0.2) is 0 Å². The molecule has 0 saturated carbocycles. The third-order valence-corrected chi connectivity index (χ3v) is 2.12. The molecular weight excluding hydrogens is 183 g/mol. The van der Waals surface area contributed by atoms with Crippen LogP contribution in [0.5, 0.6) is 0 Å². The second-order valence-electron chi connectivity index (χ2n) is 3.61. The number of morpholine rings is 1. The maximum absolute atomic E-state index is 12.2. The van der Waals surface area contributed by atoms with E-state index in [1.165, 1.54) is 0 Å². The minimum atomic E-state index is -4.25. The van der Waals surface area contributed by atoms with E-state index in [1.54, 1.807) is 0 Å². The van der Waals surface area contributed by atoms with Crippen molar-refractivity contribution in [1.29, 1.82) is 0 Å². The summed E-state index contributed by atoms with van der Waals surface area (Å²) in [6, 6.07) is 0. The maximum atomic E-state index is 12.2. The molecule has 13 heavy (non-hydrogen) atoms. The van der Waals surface area contributed by atoms with Crippen molar-refractivity contribution in [2.24, 2.45) is 5.92 Å². The number of ether oxygens (including phenoxy) is 1. The van der Waals surface area contributed by atoms with E-state index < -0.39 is 12.3 Å². The smallest absolute Gasteiger partial charge is 0.363 e. The number of rotatable bonds is 1. The molecule has 1 rings (SSSR count). The first-order valence-corrected chi connectivity index (χ1v) is 4.34. The van der Waals surface area contributed by atoms with Crippen LogP contribution in [-0.2, 0) is 4.74 Å². The summed E-state index contributed by atoms with van der Waals surface area (Å²) in [4.78, 5) is 0. The third-order valence-electron chi connectivity index (χ3n) is 2.12. The topological polar surface area (TPSA) is 21.3 Å². The first-order valence-electron chi connectivity index (χ1n) is 4.34. The lowest BCUT2D eigenvalue weighted by atomic mass is 10.1. The zero-order valence-electron chi connectivity index (χ0n) is 7.69. The average molecular weight is 197 g/mol. The predicted octanol–water partition coefficient (Wildman–Crippen LogP) is 1.56. The summed E-state index contributed by atoms with van der Waals surface area (Å²) in [7, 11) is 0. The molecule has 0 aliphatic carbocycles. The predicted molar refractivity (Wildman–Crippen MR) is 42.4 cm³/mol. The van der Waals surface area contributed by atoms with Crippen LogP contribution < -0.4 is 5.32 Å². The van der Waals surface area contributed by atoms with Crippen molar-refractivity contribution in [3.63, 3.8) is 0 Å². The Morgan fingerprint density at radius 1 is 1.31 bits per heavy atom. The van der Waals surface area contributed by atoms with Gasteiger partial charge in [0.05, 0.1) is 6.10 Å². The SMILES string of the molecule is CC(C)[C@@H]1CNC[C@H](C(F)(F)F)O1. The molecule has 78 valence electrons. The Balaban J connectivity index is 2.52. The number of nitrogens with one attached hydrogen (secondary N) is 1. The molecule has 5 heteroatoms. The molecule has 1 heterocycles. The molecule has 0 spiro atoms. The quantitative estimate of drug-likeness (QED) is 0.688. The Morgan fingerprint density at radius 2 is 1.92 bits per heavy atom. The van der Waals surface area contributed by atoms with Gasteiger partial charge in [0, 0.05) is 13.1 Å². The van der Waals surface area contributed by atoms with E-state index in [1.807, 2.05) is 13.8 Å². The molecule has 1 saturated heterocycles. The van der Waals surface area contributed by atoms with Crippen molar-refractivity contribution in [3.8, 4) is 0 Å². The number of hydrogen-bond acceptors (Lipinski definition) is 2. The Morgan fingerprint density at radius 3 is 2.38 bits per heavy atom. The summed E-state index contributed by atoms with van der Waals surface area (Å²) in [5.74, 6) is 0.109. The van der Waals surface area contributed by atoms with Crippen molar-refractivity contribution in [1.82, 2.24) is 5.32 Å². The zero-order valence-corrected chi connectivity index (χ0v) is 7.69. The molecule has 1 aliphatic heterocycles. The normalized spacial score (nSPS) is 30.9. The van der Waals surface area contributed by atoms with Crippen molar-refractivity contribution >= 4 is 0 Å².